The fraction of sp³-hybridized carbons (Fsp3) is 0.273. The molecule has 0 saturated carbocycles. The fourth-order valence-corrected chi connectivity index (χ4v) is 1.50. The molecule has 0 saturated heterocycles. The van der Waals surface area contributed by atoms with Crippen molar-refractivity contribution < 1.29 is 0 Å². The number of allylic oxidation sites excluding steroid dienone is 1. The van der Waals surface area contributed by atoms with Gasteiger partial charge in [0, 0.05) is 16.8 Å². The molecular weight excluding hydrogens is 196 g/mol. The normalized spacial score (nSPS) is 12.4. The van der Waals surface area contributed by atoms with Crippen LogP contribution >= 0.6 is 11.6 Å². The number of hydrogen-bond donors (Lipinski definition) is 2. The third-order valence-electron chi connectivity index (χ3n) is 2.13. The lowest BCUT2D eigenvalue weighted by molar-refractivity contribution is 0.663. The van der Waals surface area contributed by atoms with Crippen molar-refractivity contribution >= 4 is 17.3 Å². The van der Waals surface area contributed by atoms with Crippen molar-refractivity contribution in [3.05, 3.63) is 41.4 Å². The Morgan fingerprint density at radius 3 is 2.86 bits per heavy atom. The second kappa shape index (κ2) is 5.03. The van der Waals surface area contributed by atoms with E-state index < -0.39 is 0 Å². The Hall–Kier alpha value is -0.990. The Balaban J connectivity index is 2.82. The molecule has 0 aliphatic rings. The molecular formula is C11H15ClN2. The lowest BCUT2D eigenvalue weighted by Crippen LogP contribution is -2.12. The third-order valence-corrected chi connectivity index (χ3v) is 2.37. The average molecular weight is 211 g/mol. The summed E-state index contributed by atoms with van der Waals surface area (Å²) in [6.45, 7) is 3.65. The van der Waals surface area contributed by atoms with Gasteiger partial charge in [0.2, 0.25) is 0 Å². The van der Waals surface area contributed by atoms with Crippen LogP contribution in [-0.4, -0.2) is 0 Å². The maximum atomic E-state index is 5.96. The van der Waals surface area contributed by atoms with Crippen molar-refractivity contribution in [1.29, 1.82) is 0 Å². The van der Waals surface area contributed by atoms with Crippen molar-refractivity contribution in [1.82, 2.24) is 0 Å². The topological polar surface area (TPSA) is 52.0 Å². The number of nitrogen functional groups attached to an aromatic ring is 1. The Labute approximate surface area is 89.5 Å². The Bertz CT molecular complexity index is 323. The van der Waals surface area contributed by atoms with Crippen molar-refractivity contribution in [2.24, 2.45) is 5.73 Å². The predicted octanol–water partition coefficient (Wildman–Crippen LogP) is 2.89. The van der Waals surface area contributed by atoms with E-state index in [9.17, 15) is 0 Å². The molecule has 76 valence electrons. The maximum Gasteiger partial charge on any atom is 0.0410 e. The van der Waals surface area contributed by atoms with Crippen LogP contribution < -0.4 is 11.5 Å². The molecule has 0 aliphatic carbocycles. The summed E-state index contributed by atoms with van der Waals surface area (Å²) in [5.74, 6) is 0. The zero-order valence-electron chi connectivity index (χ0n) is 8.04. The summed E-state index contributed by atoms with van der Waals surface area (Å²) in [7, 11) is 0. The van der Waals surface area contributed by atoms with Crippen molar-refractivity contribution in [3.8, 4) is 0 Å². The first-order valence-corrected chi connectivity index (χ1v) is 4.94. The summed E-state index contributed by atoms with van der Waals surface area (Å²) in [4.78, 5) is 0. The maximum absolute atomic E-state index is 5.96. The number of benzene rings is 1. The van der Waals surface area contributed by atoms with E-state index in [1.165, 1.54) is 0 Å². The molecule has 0 heterocycles. The van der Waals surface area contributed by atoms with Gasteiger partial charge < -0.3 is 11.5 Å². The molecule has 0 aliphatic heterocycles. The molecule has 1 rings (SSSR count). The van der Waals surface area contributed by atoms with Gasteiger partial charge in [-0.05, 0) is 36.6 Å². The van der Waals surface area contributed by atoms with Crippen LogP contribution in [-0.2, 0) is 0 Å². The van der Waals surface area contributed by atoms with Crippen LogP contribution in [0.15, 0.2) is 30.9 Å². The summed E-state index contributed by atoms with van der Waals surface area (Å²) in [6, 6.07) is 5.31. The first kappa shape index (κ1) is 11.1. The van der Waals surface area contributed by atoms with E-state index in [1.807, 2.05) is 12.1 Å². The van der Waals surface area contributed by atoms with Gasteiger partial charge in [0.25, 0.3) is 0 Å². The largest absolute Gasteiger partial charge is 0.398 e. The van der Waals surface area contributed by atoms with E-state index in [4.69, 9.17) is 23.1 Å². The van der Waals surface area contributed by atoms with Gasteiger partial charge in [-0.15, -0.1) is 6.58 Å². The smallest absolute Gasteiger partial charge is 0.0410 e. The summed E-state index contributed by atoms with van der Waals surface area (Å²) in [5, 5.41) is 0.670. The molecule has 0 amide bonds. The highest BCUT2D eigenvalue weighted by Gasteiger charge is 2.08. The molecule has 0 spiro atoms. The molecule has 2 nitrogen and oxygen atoms in total. The first-order chi connectivity index (χ1) is 6.65. The Kier molecular flexibility index (Phi) is 3.98. The van der Waals surface area contributed by atoms with Crippen LogP contribution in [0.4, 0.5) is 5.69 Å². The molecule has 0 aromatic heterocycles. The second-order valence-electron chi connectivity index (χ2n) is 3.25. The minimum atomic E-state index is -0.0632. The second-order valence-corrected chi connectivity index (χ2v) is 3.68. The Morgan fingerprint density at radius 2 is 2.21 bits per heavy atom. The molecule has 1 atom stereocenters. The van der Waals surface area contributed by atoms with Gasteiger partial charge in [-0.3, -0.25) is 0 Å². The van der Waals surface area contributed by atoms with E-state index in [0.717, 1.165) is 18.4 Å². The van der Waals surface area contributed by atoms with Crippen molar-refractivity contribution in [3.63, 3.8) is 0 Å². The van der Waals surface area contributed by atoms with E-state index in [1.54, 1.807) is 12.1 Å². The summed E-state index contributed by atoms with van der Waals surface area (Å²) >= 11 is 5.86. The number of halogens is 1. The van der Waals surface area contributed by atoms with E-state index in [-0.39, 0.29) is 6.04 Å². The highest BCUT2D eigenvalue weighted by atomic mass is 35.5. The van der Waals surface area contributed by atoms with E-state index in [2.05, 4.69) is 6.58 Å². The SMILES string of the molecule is C=CCC[C@H](N)c1cc(Cl)ccc1N. The predicted molar refractivity (Wildman–Crippen MR) is 62.2 cm³/mol. The zero-order valence-corrected chi connectivity index (χ0v) is 8.80. The van der Waals surface area contributed by atoms with E-state index >= 15 is 0 Å². The molecule has 0 bridgehead atoms. The van der Waals surface area contributed by atoms with Gasteiger partial charge in [0.05, 0.1) is 0 Å². The minimum absolute atomic E-state index is 0.0632. The molecule has 1 aromatic carbocycles. The van der Waals surface area contributed by atoms with Gasteiger partial charge >= 0.3 is 0 Å². The molecule has 14 heavy (non-hydrogen) atoms. The quantitative estimate of drug-likeness (QED) is 0.593. The molecule has 3 heteroatoms. The van der Waals surface area contributed by atoms with Gasteiger partial charge in [-0.1, -0.05) is 17.7 Å². The minimum Gasteiger partial charge on any atom is -0.398 e. The molecule has 1 aromatic rings. The lowest BCUT2D eigenvalue weighted by Gasteiger charge is -2.13. The number of hydrogen-bond acceptors (Lipinski definition) is 2. The van der Waals surface area contributed by atoms with Gasteiger partial charge in [-0.25, -0.2) is 0 Å². The van der Waals surface area contributed by atoms with Crippen molar-refractivity contribution in [2.45, 2.75) is 18.9 Å². The van der Waals surface area contributed by atoms with Crippen LogP contribution in [0.2, 0.25) is 5.02 Å². The first-order valence-electron chi connectivity index (χ1n) is 4.56. The molecule has 0 fully saturated rings. The summed E-state index contributed by atoms with van der Waals surface area (Å²) in [6.07, 6.45) is 3.57. The average Bonchev–Trinajstić information content (AvgIpc) is 2.18. The Morgan fingerprint density at radius 1 is 1.50 bits per heavy atom. The fourth-order valence-electron chi connectivity index (χ4n) is 1.32. The van der Waals surface area contributed by atoms with Crippen LogP contribution in [0.5, 0.6) is 0 Å². The van der Waals surface area contributed by atoms with Crippen LogP contribution in [0.1, 0.15) is 24.4 Å². The monoisotopic (exact) mass is 210 g/mol. The van der Waals surface area contributed by atoms with Crippen LogP contribution in [0.3, 0.4) is 0 Å². The van der Waals surface area contributed by atoms with Crippen molar-refractivity contribution in [2.75, 3.05) is 5.73 Å². The zero-order chi connectivity index (χ0) is 10.6. The molecule has 4 N–H and O–H groups in total. The molecule has 0 radical (unpaired) electrons. The van der Waals surface area contributed by atoms with Crippen LogP contribution in [0, 0.1) is 0 Å². The number of nitrogens with two attached hydrogens (primary N) is 2. The van der Waals surface area contributed by atoms with Gasteiger partial charge in [0.1, 0.15) is 0 Å². The third kappa shape index (κ3) is 2.76. The number of anilines is 1. The number of rotatable bonds is 4. The highest BCUT2D eigenvalue weighted by Crippen LogP contribution is 2.25. The molecule has 0 unspecified atom stereocenters. The van der Waals surface area contributed by atoms with E-state index in [0.29, 0.717) is 10.7 Å². The van der Waals surface area contributed by atoms with Crippen LogP contribution in [0.25, 0.3) is 0 Å². The standard InChI is InChI=1S/C11H15ClN2/c1-2-3-4-10(13)9-7-8(12)5-6-11(9)14/h2,5-7,10H,1,3-4,13-14H2/t10-/m0/s1. The van der Waals surface area contributed by atoms with Gasteiger partial charge in [0.15, 0.2) is 0 Å². The lowest BCUT2D eigenvalue weighted by atomic mass is 10.0. The summed E-state index contributed by atoms with van der Waals surface area (Å²) in [5.41, 5.74) is 13.4. The summed E-state index contributed by atoms with van der Waals surface area (Å²) < 4.78 is 0. The highest BCUT2D eigenvalue weighted by molar-refractivity contribution is 6.30. The van der Waals surface area contributed by atoms with Gasteiger partial charge in [-0.2, -0.15) is 0 Å².